The van der Waals surface area contributed by atoms with E-state index in [0.29, 0.717) is 6.54 Å². The molecule has 2 N–H and O–H groups in total. The van der Waals surface area contributed by atoms with Crippen molar-refractivity contribution in [2.24, 2.45) is 5.92 Å². The van der Waals surface area contributed by atoms with Crippen LogP contribution in [-0.4, -0.2) is 16.1 Å². The average molecular weight is 278 g/mol. The van der Waals surface area contributed by atoms with Crippen LogP contribution in [0.5, 0.6) is 0 Å². The Morgan fingerprint density at radius 2 is 2.10 bits per heavy atom. The Morgan fingerprint density at radius 3 is 2.85 bits per heavy atom. The fourth-order valence-electron chi connectivity index (χ4n) is 2.31. The SMILES string of the molecule is Fc1ccc(Cn2ccnc2C[NH2+]CC2CC2)cc1F. The number of hydrogen-bond acceptors (Lipinski definition) is 1. The maximum atomic E-state index is 13.2. The fraction of sp³-hybridized carbons (Fsp3) is 0.400. The zero-order valence-corrected chi connectivity index (χ0v) is 11.2. The zero-order chi connectivity index (χ0) is 13.9. The number of aromatic nitrogens is 2. The number of nitrogens with zero attached hydrogens (tertiary/aromatic N) is 2. The van der Waals surface area contributed by atoms with Crippen molar-refractivity contribution in [1.82, 2.24) is 9.55 Å². The first-order valence-electron chi connectivity index (χ1n) is 6.98. The second kappa shape index (κ2) is 5.71. The molecule has 3 nitrogen and oxygen atoms in total. The number of rotatable bonds is 6. The molecule has 5 heteroatoms. The van der Waals surface area contributed by atoms with E-state index in [1.807, 2.05) is 10.8 Å². The van der Waals surface area contributed by atoms with Crippen molar-refractivity contribution in [2.75, 3.05) is 6.54 Å². The largest absolute Gasteiger partial charge is 0.340 e. The molecule has 0 atom stereocenters. The Labute approximate surface area is 116 Å². The lowest BCUT2D eigenvalue weighted by molar-refractivity contribution is -0.674. The maximum Gasteiger partial charge on any atom is 0.164 e. The van der Waals surface area contributed by atoms with Crippen molar-refractivity contribution in [2.45, 2.75) is 25.9 Å². The van der Waals surface area contributed by atoms with Gasteiger partial charge in [0, 0.05) is 24.9 Å². The van der Waals surface area contributed by atoms with Gasteiger partial charge in [-0.05, 0) is 30.5 Å². The third-order valence-corrected chi connectivity index (χ3v) is 3.66. The summed E-state index contributed by atoms with van der Waals surface area (Å²) in [4.78, 5) is 4.33. The second-order valence-electron chi connectivity index (χ2n) is 5.39. The highest BCUT2D eigenvalue weighted by molar-refractivity contribution is 5.18. The third kappa shape index (κ3) is 3.22. The predicted octanol–water partition coefficient (Wildman–Crippen LogP) is 1.68. The minimum Gasteiger partial charge on any atom is -0.340 e. The lowest BCUT2D eigenvalue weighted by atomic mass is 10.2. The predicted molar refractivity (Wildman–Crippen MR) is 70.9 cm³/mol. The molecular weight excluding hydrogens is 260 g/mol. The molecule has 1 aliphatic carbocycles. The molecule has 0 bridgehead atoms. The molecule has 0 radical (unpaired) electrons. The summed E-state index contributed by atoms with van der Waals surface area (Å²) in [5.74, 6) is 0.238. The molecule has 106 valence electrons. The minimum atomic E-state index is -0.808. The zero-order valence-electron chi connectivity index (χ0n) is 11.2. The van der Waals surface area contributed by atoms with Gasteiger partial charge in [-0.25, -0.2) is 13.8 Å². The summed E-state index contributed by atoms with van der Waals surface area (Å²) in [6, 6.07) is 4.02. The summed E-state index contributed by atoms with van der Waals surface area (Å²) >= 11 is 0. The van der Waals surface area contributed by atoms with E-state index >= 15 is 0 Å². The van der Waals surface area contributed by atoms with E-state index in [2.05, 4.69) is 10.3 Å². The summed E-state index contributed by atoms with van der Waals surface area (Å²) in [5, 5.41) is 2.27. The van der Waals surface area contributed by atoms with Crippen LogP contribution in [0.25, 0.3) is 0 Å². The van der Waals surface area contributed by atoms with Crippen molar-refractivity contribution in [3.05, 3.63) is 53.6 Å². The Morgan fingerprint density at radius 1 is 1.25 bits per heavy atom. The van der Waals surface area contributed by atoms with Crippen molar-refractivity contribution in [3.63, 3.8) is 0 Å². The maximum absolute atomic E-state index is 13.2. The van der Waals surface area contributed by atoms with E-state index in [9.17, 15) is 8.78 Å². The first-order valence-corrected chi connectivity index (χ1v) is 6.98. The third-order valence-electron chi connectivity index (χ3n) is 3.66. The molecule has 20 heavy (non-hydrogen) atoms. The van der Waals surface area contributed by atoms with Gasteiger partial charge in [0.25, 0.3) is 0 Å². The molecule has 1 heterocycles. The van der Waals surface area contributed by atoms with Crippen LogP contribution in [0.1, 0.15) is 24.2 Å². The van der Waals surface area contributed by atoms with Gasteiger partial charge < -0.3 is 9.88 Å². The summed E-state index contributed by atoms with van der Waals surface area (Å²) in [7, 11) is 0. The van der Waals surface area contributed by atoms with Crippen molar-refractivity contribution >= 4 is 0 Å². The van der Waals surface area contributed by atoms with Crippen LogP contribution in [0.3, 0.4) is 0 Å². The van der Waals surface area contributed by atoms with Crippen LogP contribution in [0.4, 0.5) is 8.78 Å². The second-order valence-corrected chi connectivity index (χ2v) is 5.39. The highest BCUT2D eigenvalue weighted by Crippen LogP contribution is 2.26. The lowest BCUT2D eigenvalue weighted by Gasteiger charge is -2.08. The van der Waals surface area contributed by atoms with E-state index in [1.54, 1.807) is 12.3 Å². The first-order chi connectivity index (χ1) is 9.72. The molecule has 1 aromatic heterocycles. The van der Waals surface area contributed by atoms with E-state index in [1.165, 1.54) is 25.0 Å². The Balaban J connectivity index is 1.63. The molecule has 1 aromatic carbocycles. The van der Waals surface area contributed by atoms with Crippen molar-refractivity contribution in [1.29, 1.82) is 0 Å². The van der Waals surface area contributed by atoms with E-state index in [0.717, 1.165) is 30.4 Å². The molecule has 0 aliphatic heterocycles. The number of benzene rings is 1. The Hall–Kier alpha value is -1.75. The first kappa shape index (κ1) is 13.2. The summed E-state index contributed by atoms with van der Waals surface area (Å²) < 4.78 is 28.1. The minimum absolute atomic E-state index is 0.518. The summed E-state index contributed by atoms with van der Waals surface area (Å²) in [6.07, 6.45) is 6.32. The van der Waals surface area contributed by atoms with Crippen LogP contribution in [-0.2, 0) is 13.1 Å². The van der Waals surface area contributed by atoms with Crippen molar-refractivity contribution in [3.8, 4) is 0 Å². The van der Waals surface area contributed by atoms with Crippen molar-refractivity contribution < 1.29 is 14.1 Å². The monoisotopic (exact) mass is 278 g/mol. The van der Waals surface area contributed by atoms with Crippen LogP contribution in [0.2, 0.25) is 0 Å². The molecule has 0 amide bonds. The number of quaternary nitrogens is 1. The van der Waals surface area contributed by atoms with E-state index in [4.69, 9.17) is 0 Å². The normalized spacial score (nSPS) is 14.7. The number of halogens is 2. The molecule has 0 unspecified atom stereocenters. The summed E-state index contributed by atoms with van der Waals surface area (Å²) in [5.41, 5.74) is 0.741. The number of nitrogens with two attached hydrogens (primary N) is 1. The highest BCUT2D eigenvalue weighted by Gasteiger charge is 2.23. The van der Waals surface area contributed by atoms with Gasteiger partial charge >= 0.3 is 0 Å². The standard InChI is InChI=1S/C15H17F2N3/c16-13-4-3-12(7-14(13)17)10-20-6-5-19-15(20)9-18-8-11-1-2-11/h3-7,11,18H,1-2,8-10H2/p+1. The highest BCUT2D eigenvalue weighted by atomic mass is 19.2. The average Bonchev–Trinajstić information content (AvgIpc) is 3.15. The van der Waals surface area contributed by atoms with Gasteiger partial charge in [-0.15, -0.1) is 0 Å². The van der Waals surface area contributed by atoms with E-state index in [-0.39, 0.29) is 0 Å². The fourth-order valence-corrected chi connectivity index (χ4v) is 2.31. The van der Waals surface area contributed by atoms with Gasteiger partial charge in [0.1, 0.15) is 6.54 Å². The topological polar surface area (TPSA) is 34.4 Å². The number of imidazole rings is 1. The molecule has 1 aliphatic rings. The molecule has 1 saturated carbocycles. The van der Waals surface area contributed by atoms with Gasteiger partial charge in [-0.1, -0.05) is 6.07 Å². The van der Waals surface area contributed by atoms with Crippen LogP contribution < -0.4 is 5.32 Å². The molecule has 1 fully saturated rings. The lowest BCUT2D eigenvalue weighted by Crippen LogP contribution is -2.83. The van der Waals surface area contributed by atoms with Gasteiger partial charge in [0.15, 0.2) is 17.5 Å². The smallest absolute Gasteiger partial charge is 0.164 e. The van der Waals surface area contributed by atoms with E-state index < -0.39 is 11.6 Å². The van der Waals surface area contributed by atoms with Gasteiger partial charge in [0.05, 0.1) is 6.54 Å². The summed E-state index contributed by atoms with van der Waals surface area (Å²) in [6.45, 7) is 2.50. The molecule has 0 saturated heterocycles. The van der Waals surface area contributed by atoms with Gasteiger partial charge in [-0.3, -0.25) is 0 Å². The molecular formula is C15H18F2N3+. The van der Waals surface area contributed by atoms with Crippen LogP contribution in [0, 0.1) is 17.6 Å². The van der Waals surface area contributed by atoms with Crippen LogP contribution >= 0.6 is 0 Å². The Bertz CT molecular complexity index is 591. The van der Waals surface area contributed by atoms with Crippen LogP contribution in [0.15, 0.2) is 30.6 Å². The van der Waals surface area contributed by atoms with Gasteiger partial charge in [-0.2, -0.15) is 0 Å². The number of hydrogen-bond donors (Lipinski definition) is 1. The molecule has 3 rings (SSSR count). The molecule has 2 aromatic rings. The quantitative estimate of drug-likeness (QED) is 0.857. The van der Waals surface area contributed by atoms with Gasteiger partial charge in [0.2, 0.25) is 0 Å². The molecule has 0 spiro atoms. The Kier molecular flexibility index (Phi) is 3.78.